The van der Waals surface area contributed by atoms with E-state index in [1.807, 2.05) is 37.3 Å². The van der Waals surface area contributed by atoms with Gasteiger partial charge in [0.2, 0.25) is 0 Å². The van der Waals surface area contributed by atoms with Crippen LogP contribution in [-0.4, -0.2) is 5.21 Å². The van der Waals surface area contributed by atoms with E-state index in [4.69, 9.17) is 5.21 Å². The molecule has 0 aromatic heterocycles. The number of benzene rings is 1. The first kappa shape index (κ1) is 7.82. The lowest BCUT2D eigenvalue weighted by molar-refractivity contribution is 0.389. The summed E-state index contributed by atoms with van der Waals surface area (Å²) in [5.41, 5.74) is 3.88. The average Bonchev–Trinajstić information content (AvgIpc) is 2.06. The van der Waals surface area contributed by atoms with Gasteiger partial charge in [0.1, 0.15) is 0 Å². The van der Waals surface area contributed by atoms with Crippen molar-refractivity contribution in [3.05, 3.63) is 35.9 Å². The third kappa shape index (κ3) is 2.09. The van der Waals surface area contributed by atoms with E-state index in [1.54, 1.807) is 6.07 Å². The fourth-order valence-corrected chi connectivity index (χ4v) is 0.904. The Kier molecular flexibility index (Phi) is 2.69. The van der Waals surface area contributed by atoms with Gasteiger partial charge in [0.05, 0.1) is 5.69 Å². The molecule has 11 heavy (non-hydrogen) atoms. The first-order valence-electron chi connectivity index (χ1n) is 3.49. The maximum absolute atomic E-state index is 8.56. The monoisotopic (exact) mass is 149 g/mol. The molecule has 0 bridgehead atoms. The summed E-state index contributed by atoms with van der Waals surface area (Å²) < 4.78 is 0. The number of hydrogen-bond donors (Lipinski definition) is 2. The van der Waals surface area contributed by atoms with Crippen molar-refractivity contribution >= 4 is 11.8 Å². The zero-order valence-corrected chi connectivity index (χ0v) is 6.41. The Bertz CT molecular complexity index is 255. The molecular weight excluding hydrogens is 138 g/mol. The van der Waals surface area contributed by atoms with Crippen LogP contribution in [0.1, 0.15) is 12.5 Å². The number of nitrogens with one attached hydrogen (secondary N) is 1. The van der Waals surface area contributed by atoms with E-state index in [0.29, 0.717) is 5.69 Å². The van der Waals surface area contributed by atoms with Crippen LogP contribution in [0, 0.1) is 0 Å². The number of rotatable bonds is 2. The Morgan fingerprint density at radius 3 is 2.91 bits per heavy atom. The SMILES string of the molecule is C/C=C/c1cccc(NO)c1. The summed E-state index contributed by atoms with van der Waals surface area (Å²) >= 11 is 0. The molecule has 0 aliphatic heterocycles. The molecule has 2 nitrogen and oxygen atoms in total. The minimum atomic E-state index is 0.709. The number of hydrogen-bond acceptors (Lipinski definition) is 2. The van der Waals surface area contributed by atoms with E-state index >= 15 is 0 Å². The predicted octanol–water partition coefficient (Wildman–Crippen LogP) is 2.52. The first-order valence-corrected chi connectivity index (χ1v) is 3.49. The Morgan fingerprint density at radius 2 is 2.27 bits per heavy atom. The Morgan fingerprint density at radius 1 is 1.45 bits per heavy atom. The van der Waals surface area contributed by atoms with Crippen molar-refractivity contribution in [1.82, 2.24) is 0 Å². The smallest absolute Gasteiger partial charge is 0.0608 e. The Labute approximate surface area is 66.1 Å². The summed E-state index contributed by atoms with van der Waals surface area (Å²) in [6.45, 7) is 1.96. The maximum atomic E-state index is 8.56. The molecule has 0 saturated heterocycles. The van der Waals surface area contributed by atoms with Crippen LogP contribution < -0.4 is 5.48 Å². The molecule has 2 heteroatoms. The number of anilines is 1. The topological polar surface area (TPSA) is 32.3 Å². The molecule has 1 aromatic carbocycles. The van der Waals surface area contributed by atoms with Crippen LogP contribution in [-0.2, 0) is 0 Å². The molecule has 0 fully saturated rings. The van der Waals surface area contributed by atoms with E-state index < -0.39 is 0 Å². The van der Waals surface area contributed by atoms with E-state index in [0.717, 1.165) is 5.56 Å². The van der Waals surface area contributed by atoms with Gasteiger partial charge in [-0.25, -0.2) is 0 Å². The van der Waals surface area contributed by atoms with Crippen LogP contribution in [0.2, 0.25) is 0 Å². The lowest BCUT2D eigenvalue weighted by Gasteiger charge is -1.98. The molecule has 1 rings (SSSR count). The molecule has 0 spiro atoms. The van der Waals surface area contributed by atoms with Gasteiger partial charge in [-0.2, -0.15) is 0 Å². The fraction of sp³-hybridized carbons (Fsp3) is 0.111. The van der Waals surface area contributed by atoms with Crippen LogP contribution in [0.5, 0.6) is 0 Å². The third-order valence-corrected chi connectivity index (χ3v) is 1.37. The van der Waals surface area contributed by atoms with Gasteiger partial charge in [-0.15, -0.1) is 0 Å². The zero-order valence-electron chi connectivity index (χ0n) is 6.41. The van der Waals surface area contributed by atoms with Crippen LogP contribution in [0.25, 0.3) is 6.08 Å². The van der Waals surface area contributed by atoms with E-state index in [9.17, 15) is 0 Å². The molecule has 0 radical (unpaired) electrons. The highest BCUT2D eigenvalue weighted by atomic mass is 16.5. The summed E-state index contributed by atoms with van der Waals surface area (Å²) in [5, 5.41) is 8.56. The van der Waals surface area contributed by atoms with Crippen LogP contribution >= 0.6 is 0 Å². The average molecular weight is 149 g/mol. The van der Waals surface area contributed by atoms with Crippen molar-refractivity contribution in [3.63, 3.8) is 0 Å². The standard InChI is InChI=1S/C9H11NO/c1-2-4-8-5-3-6-9(7-8)10-11/h2-7,10-11H,1H3/b4-2+. The lowest BCUT2D eigenvalue weighted by Crippen LogP contribution is -1.87. The summed E-state index contributed by atoms with van der Waals surface area (Å²) in [6, 6.07) is 7.52. The molecular formula is C9H11NO. The quantitative estimate of drug-likeness (QED) is 0.633. The van der Waals surface area contributed by atoms with Gasteiger partial charge >= 0.3 is 0 Å². The minimum Gasteiger partial charge on any atom is -0.291 e. The van der Waals surface area contributed by atoms with Gasteiger partial charge in [-0.3, -0.25) is 10.7 Å². The van der Waals surface area contributed by atoms with E-state index in [2.05, 4.69) is 5.48 Å². The molecule has 0 atom stereocenters. The molecule has 0 saturated carbocycles. The van der Waals surface area contributed by atoms with Gasteiger partial charge in [0.15, 0.2) is 0 Å². The summed E-state index contributed by atoms with van der Waals surface area (Å²) in [4.78, 5) is 0. The molecule has 0 heterocycles. The van der Waals surface area contributed by atoms with Crippen molar-refractivity contribution in [3.8, 4) is 0 Å². The predicted molar refractivity (Wildman–Crippen MR) is 46.6 cm³/mol. The normalized spacial score (nSPS) is 10.4. The second-order valence-electron chi connectivity index (χ2n) is 2.24. The fourth-order valence-electron chi connectivity index (χ4n) is 0.904. The summed E-state index contributed by atoms with van der Waals surface area (Å²) in [6.07, 6.45) is 3.93. The van der Waals surface area contributed by atoms with Crippen LogP contribution in [0.3, 0.4) is 0 Å². The van der Waals surface area contributed by atoms with Crippen molar-refractivity contribution in [2.75, 3.05) is 5.48 Å². The van der Waals surface area contributed by atoms with E-state index in [1.165, 1.54) is 0 Å². The maximum Gasteiger partial charge on any atom is 0.0608 e. The van der Waals surface area contributed by atoms with Gasteiger partial charge in [0.25, 0.3) is 0 Å². The molecule has 2 N–H and O–H groups in total. The third-order valence-electron chi connectivity index (χ3n) is 1.37. The highest BCUT2D eigenvalue weighted by Crippen LogP contribution is 2.10. The largest absolute Gasteiger partial charge is 0.291 e. The van der Waals surface area contributed by atoms with Crippen LogP contribution in [0.15, 0.2) is 30.3 Å². The first-order chi connectivity index (χ1) is 5.36. The second kappa shape index (κ2) is 3.78. The molecule has 0 aliphatic rings. The molecule has 1 aromatic rings. The molecule has 0 aliphatic carbocycles. The highest BCUT2D eigenvalue weighted by Gasteiger charge is 1.88. The highest BCUT2D eigenvalue weighted by molar-refractivity contribution is 5.56. The van der Waals surface area contributed by atoms with Gasteiger partial charge in [0, 0.05) is 0 Å². The Hall–Kier alpha value is -1.28. The van der Waals surface area contributed by atoms with Gasteiger partial charge < -0.3 is 0 Å². The Balaban J connectivity index is 2.91. The summed E-state index contributed by atoms with van der Waals surface area (Å²) in [7, 11) is 0. The summed E-state index contributed by atoms with van der Waals surface area (Å²) in [5.74, 6) is 0. The van der Waals surface area contributed by atoms with E-state index in [-0.39, 0.29) is 0 Å². The second-order valence-corrected chi connectivity index (χ2v) is 2.24. The zero-order chi connectivity index (χ0) is 8.10. The van der Waals surface area contributed by atoms with Crippen molar-refractivity contribution in [2.24, 2.45) is 0 Å². The molecule has 0 amide bonds. The minimum absolute atomic E-state index is 0.709. The molecule has 58 valence electrons. The van der Waals surface area contributed by atoms with Crippen molar-refractivity contribution in [2.45, 2.75) is 6.92 Å². The molecule has 0 unspecified atom stereocenters. The number of allylic oxidation sites excluding steroid dienone is 1. The van der Waals surface area contributed by atoms with Crippen molar-refractivity contribution in [1.29, 1.82) is 0 Å². The van der Waals surface area contributed by atoms with Gasteiger partial charge in [-0.1, -0.05) is 24.3 Å². The van der Waals surface area contributed by atoms with Crippen molar-refractivity contribution < 1.29 is 5.21 Å². The van der Waals surface area contributed by atoms with Crippen LogP contribution in [0.4, 0.5) is 5.69 Å². The lowest BCUT2D eigenvalue weighted by atomic mass is 10.2. The van der Waals surface area contributed by atoms with Gasteiger partial charge in [-0.05, 0) is 24.6 Å².